The van der Waals surface area contributed by atoms with Crippen molar-refractivity contribution in [1.29, 1.82) is 0 Å². The van der Waals surface area contributed by atoms with Crippen LogP contribution in [-0.2, 0) is 0 Å². The molecule has 0 bridgehead atoms. The SMILES string of the molecule is Cc1ccc(Nc2nc3cc(C(=O)O)ccc3c3cnc(N)nc23)cc1Cl. The monoisotopic (exact) mass is 379 g/mol. The van der Waals surface area contributed by atoms with Gasteiger partial charge in [0.25, 0.3) is 0 Å². The Morgan fingerprint density at radius 1 is 1.15 bits per heavy atom. The number of rotatable bonds is 3. The summed E-state index contributed by atoms with van der Waals surface area (Å²) in [5.74, 6) is -0.461. The van der Waals surface area contributed by atoms with Crippen LogP contribution in [0.2, 0.25) is 5.02 Å². The van der Waals surface area contributed by atoms with Crippen LogP contribution in [0.1, 0.15) is 15.9 Å². The molecule has 7 nitrogen and oxygen atoms in total. The van der Waals surface area contributed by atoms with Crippen molar-refractivity contribution in [3.63, 3.8) is 0 Å². The number of nitrogen functional groups attached to an aromatic ring is 1. The Labute approximate surface area is 158 Å². The van der Waals surface area contributed by atoms with Gasteiger partial charge in [0.2, 0.25) is 5.95 Å². The first-order valence-electron chi connectivity index (χ1n) is 8.05. The smallest absolute Gasteiger partial charge is 0.335 e. The van der Waals surface area contributed by atoms with E-state index in [1.165, 1.54) is 12.1 Å². The van der Waals surface area contributed by atoms with Crippen molar-refractivity contribution in [3.8, 4) is 0 Å². The van der Waals surface area contributed by atoms with Crippen molar-refractivity contribution in [3.05, 3.63) is 58.7 Å². The van der Waals surface area contributed by atoms with E-state index in [4.69, 9.17) is 17.3 Å². The first kappa shape index (κ1) is 17.0. The first-order valence-corrected chi connectivity index (χ1v) is 8.42. The summed E-state index contributed by atoms with van der Waals surface area (Å²) in [7, 11) is 0. The van der Waals surface area contributed by atoms with Gasteiger partial charge in [-0.25, -0.2) is 19.7 Å². The summed E-state index contributed by atoms with van der Waals surface area (Å²) in [5.41, 5.74) is 8.64. The molecule has 0 spiro atoms. The Balaban J connectivity index is 1.96. The van der Waals surface area contributed by atoms with Gasteiger partial charge in [0, 0.05) is 27.7 Å². The van der Waals surface area contributed by atoms with Crippen LogP contribution >= 0.6 is 11.6 Å². The quantitative estimate of drug-likeness (QED) is 0.458. The molecule has 2 heterocycles. The molecule has 0 aliphatic heterocycles. The third kappa shape index (κ3) is 3.09. The highest BCUT2D eigenvalue weighted by Gasteiger charge is 2.14. The molecule has 0 saturated carbocycles. The zero-order valence-electron chi connectivity index (χ0n) is 14.2. The van der Waals surface area contributed by atoms with Gasteiger partial charge in [0.15, 0.2) is 5.82 Å². The second kappa shape index (κ2) is 6.37. The number of aryl methyl sites for hydroxylation is 1. The highest BCUT2D eigenvalue weighted by atomic mass is 35.5. The van der Waals surface area contributed by atoms with Crippen LogP contribution in [0.5, 0.6) is 0 Å². The van der Waals surface area contributed by atoms with E-state index in [1.807, 2.05) is 19.1 Å². The van der Waals surface area contributed by atoms with Crippen molar-refractivity contribution < 1.29 is 9.90 Å². The Morgan fingerprint density at radius 3 is 2.70 bits per heavy atom. The van der Waals surface area contributed by atoms with Crippen LogP contribution < -0.4 is 11.1 Å². The molecule has 0 radical (unpaired) electrons. The van der Waals surface area contributed by atoms with Gasteiger partial charge < -0.3 is 16.2 Å². The van der Waals surface area contributed by atoms with Gasteiger partial charge >= 0.3 is 5.97 Å². The first-order chi connectivity index (χ1) is 12.9. The lowest BCUT2D eigenvalue weighted by atomic mass is 10.1. The minimum atomic E-state index is -1.02. The summed E-state index contributed by atoms with van der Waals surface area (Å²) >= 11 is 6.20. The second-order valence-corrected chi connectivity index (χ2v) is 6.48. The predicted octanol–water partition coefficient (Wildman–Crippen LogP) is 4.16. The van der Waals surface area contributed by atoms with E-state index < -0.39 is 5.97 Å². The number of carboxylic acids is 1. The molecule has 0 unspecified atom stereocenters. The van der Waals surface area contributed by atoms with Crippen LogP contribution in [-0.4, -0.2) is 26.0 Å². The van der Waals surface area contributed by atoms with Gasteiger partial charge in [0.05, 0.1) is 11.1 Å². The Morgan fingerprint density at radius 2 is 1.96 bits per heavy atom. The molecule has 0 aliphatic carbocycles. The van der Waals surface area contributed by atoms with E-state index in [0.717, 1.165) is 16.6 Å². The maximum atomic E-state index is 11.3. The molecule has 4 aromatic rings. The van der Waals surface area contributed by atoms with Crippen molar-refractivity contribution in [2.45, 2.75) is 6.92 Å². The molecular formula is C19H14ClN5O2. The number of pyridine rings is 1. The Hall–Kier alpha value is -3.45. The number of hydrogen-bond donors (Lipinski definition) is 3. The molecule has 0 fully saturated rings. The Kier molecular flexibility index (Phi) is 4.01. The molecule has 0 atom stereocenters. The van der Waals surface area contributed by atoms with E-state index >= 15 is 0 Å². The molecule has 134 valence electrons. The van der Waals surface area contributed by atoms with Crippen LogP contribution in [0.3, 0.4) is 0 Å². The van der Waals surface area contributed by atoms with E-state index in [0.29, 0.717) is 27.3 Å². The summed E-state index contributed by atoms with van der Waals surface area (Å²) in [5, 5.41) is 14.5. The summed E-state index contributed by atoms with van der Waals surface area (Å²) in [4.78, 5) is 24.2. The topological polar surface area (TPSA) is 114 Å². The van der Waals surface area contributed by atoms with Crippen molar-refractivity contribution >= 4 is 56.8 Å². The van der Waals surface area contributed by atoms with Crippen molar-refractivity contribution in [2.75, 3.05) is 11.1 Å². The molecule has 0 saturated heterocycles. The van der Waals surface area contributed by atoms with E-state index in [2.05, 4.69) is 20.3 Å². The zero-order chi connectivity index (χ0) is 19.1. The zero-order valence-corrected chi connectivity index (χ0v) is 14.9. The second-order valence-electron chi connectivity index (χ2n) is 6.08. The molecule has 0 amide bonds. The lowest BCUT2D eigenvalue weighted by Crippen LogP contribution is -2.02. The lowest BCUT2D eigenvalue weighted by Gasteiger charge is -2.12. The summed E-state index contributed by atoms with van der Waals surface area (Å²) in [6.07, 6.45) is 1.61. The number of benzene rings is 2. The van der Waals surface area contributed by atoms with Crippen molar-refractivity contribution in [1.82, 2.24) is 15.0 Å². The number of nitrogens with zero attached hydrogens (tertiary/aromatic N) is 3. The summed E-state index contributed by atoms with van der Waals surface area (Å²) in [6.45, 7) is 1.91. The number of carbonyl (C=O) groups is 1. The summed E-state index contributed by atoms with van der Waals surface area (Å²) < 4.78 is 0. The fraction of sp³-hybridized carbons (Fsp3) is 0.0526. The normalized spacial score (nSPS) is 11.0. The van der Waals surface area contributed by atoms with Gasteiger partial charge in [-0.3, -0.25) is 0 Å². The van der Waals surface area contributed by atoms with Crippen LogP contribution in [0, 0.1) is 6.92 Å². The van der Waals surface area contributed by atoms with Gasteiger partial charge in [-0.15, -0.1) is 0 Å². The molecule has 0 aliphatic rings. The lowest BCUT2D eigenvalue weighted by molar-refractivity contribution is 0.0697. The largest absolute Gasteiger partial charge is 0.478 e. The fourth-order valence-corrected chi connectivity index (χ4v) is 3.01. The third-order valence-electron chi connectivity index (χ3n) is 4.23. The maximum absolute atomic E-state index is 11.3. The highest BCUT2D eigenvalue weighted by molar-refractivity contribution is 6.31. The molecule has 4 N–H and O–H groups in total. The minimum Gasteiger partial charge on any atom is -0.478 e. The average Bonchev–Trinajstić information content (AvgIpc) is 2.64. The summed E-state index contributed by atoms with van der Waals surface area (Å²) in [6, 6.07) is 10.3. The molecule has 8 heteroatoms. The number of aromatic nitrogens is 3. The number of aromatic carboxylic acids is 1. The highest BCUT2D eigenvalue weighted by Crippen LogP contribution is 2.31. The standard InChI is InChI=1S/C19H14ClN5O2/c1-9-2-4-11(7-14(9)20)23-17-16-13(8-22-19(21)25-16)12-5-3-10(18(26)27)6-15(12)24-17/h2-8H,1H3,(H,23,24)(H,26,27)(H2,21,22,25). The molecule has 2 aromatic heterocycles. The van der Waals surface area contributed by atoms with Crippen LogP contribution in [0.25, 0.3) is 21.8 Å². The number of fused-ring (bicyclic) bond motifs is 3. The molecule has 4 rings (SSSR count). The average molecular weight is 380 g/mol. The number of halogens is 1. The number of hydrogen-bond acceptors (Lipinski definition) is 6. The van der Waals surface area contributed by atoms with Crippen LogP contribution in [0.4, 0.5) is 17.5 Å². The maximum Gasteiger partial charge on any atom is 0.335 e. The third-order valence-corrected chi connectivity index (χ3v) is 4.64. The van der Waals surface area contributed by atoms with Gasteiger partial charge in [0.1, 0.15) is 5.52 Å². The molecular weight excluding hydrogens is 366 g/mol. The number of anilines is 3. The van der Waals surface area contributed by atoms with E-state index in [-0.39, 0.29) is 11.5 Å². The number of nitrogens with one attached hydrogen (secondary N) is 1. The minimum absolute atomic E-state index is 0.121. The Bertz CT molecular complexity index is 1230. The van der Waals surface area contributed by atoms with Gasteiger partial charge in [-0.05, 0) is 36.8 Å². The van der Waals surface area contributed by atoms with E-state index in [1.54, 1.807) is 18.3 Å². The van der Waals surface area contributed by atoms with Gasteiger partial charge in [-0.2, -0.15) is 0 Å². The van der Waals surface area contributed by atoms with Crippen LogP contribution in [0.15, 0.2) is 42.6 Å². The number of carboxylic acid groups (broad SMARTS) is 1. The van der Waals surface area contributed by atoms with E-state index in [9.17, 15) is 9.90 Å². The predicted molar refractivity (Wildman–Crippen MR) is 106 cm³/mol. The number of nitrogens with two attached hydrogens (primary N) is 1. The van der Waals surface area contributed by atoms with Gasteiger partial charge in [-0.1, -0.05) is 23.7 Å². The fourth-order valence-electron chi connectivity index (χ4n) is 2.83. The molecule has 2 aromatic carbocycles. The molecule has 27 heavy (non-hydrogen) atoms. The van der Waals surface area contributed by atoms with Crippen molar-refractivity contribution in [2.24, 2.45) is 0 Å².